The first-order valence-electron chi connectivity index (χ1n) is 6.17. The average molecular weight is 251 g/mol. The third kappa shape index (κ3) is 3.04. The van der Waals surface area contributed by atoms with Gasteiger partial charge in [-0.2, -0.15) is 4.39 Å². The maximum absolute atomic E-state index is 12.9. The van der Waals surface area contributed by atoms with Gasteiger partial charge in [-0.1, -0.05) is 6.92 Å². The van der Waals surface area contributed by atoms with E-state index in [-0.39, 0.29) is 11.9 Å². The zero-order chi connectivity index (χ0) is 13.1. The molecular weight excluding hydrogens is 233 g/mol. The molecule has 98 valence electrons. The van der Waals surface area contributed by atoms with Gasteiger partial charge in [0.05, 0.1) is 0 Å². The highest BCUT2D eigenvalue weighted by molar-refractivity contribution is 5.94. The SMILES string of the molecule is CC1CN(C)CCC1NC(=O)c1ccnc(F)c1. The fourth-order valence-electron chi connectivity index (χ4n) is 2.36. The zero-order valence-electron chi connectivity index (χ0n) is 10.7. The third-order valence-electron chi connectivity index (χ3n) is 3.41. The van der Waals surface area contributed by atoms with E-state index in [9.17, 15) is 9.18 Å². The Labute approximate surface area is 106 Å². The van der Waals surface area contributed by atoms with E-state index < -0.39 is 5.95 Å². The number of piperidine rings is 1. The standard InChI is InChI=1S/C13H18FN3O/c1-9-8-17(2)6-4-11(9)16-13(18)10-3-5-15-12(14)7-10/h3,5,7,9,11H,4,6,8H2,1-2H3,(H,16,18). The molecule has 1 saturated heterocycles. The van der Waals surface area contributed by atoms with Crippen LogP contribution in [0.5, 0.6) is 0 Å². The van der Waals surface area contributed by atoms with Crippen LogP contribution >= 0.6 is 0 Å². The molecule has 0 bridgehead atoms. The molecule has 0 radical (unpaired) electrons. The van der Waals surface area contributed by atoms with E-state index in [1.807, 2.05) is 0 Å². The van der Waals surface area contributed by atoms with Crippen molar-refractivity contribution in [2.24, 2.45) is 5.92 Å². The lowest BCUT2D eigenvalue weighted by Gasteiger charge is -2.35. The summed E-state index contributed by atoms with van der Waals surface area (Å²) in [5.74, 6) is -0.448. The fourth-order valence-corrected chi connectivity index (χ4v) is 2.36. The van der Waals surface area contributed by atoms with Crippen LogP contribution in [-0.4, -0.2) is 42.0 Å². The summed E-state index contributed by atoms with van der Waals surface area (Å²) in [6.07, 6.45) is 2.24. The van der Waals surface area contributed by atoms with Crippen LogP contribution in [0.3, 0.4) is 0 Å². The Kier molecular flexibility index (Phi) is 3.91. The smallest absolute Gasteiger partial charge is 0.251 e. The largest absolute Gasteiger partial charge is 0.349 e. The van der Waals surface area contributed by atoms with Crippen molar-refractivity contribution in [2.75, 3.05) is 20.1 Å². The van der Waals surface area contributed by atoms with Gasteiger partial charge >= 0.3 is 0 Å². The van der Waals surface area contributed by atoms with Gasteiger partial charge in [0.15, 0.2) is 0 Å². The van der Waals surface area contributed by atoms with Gasteiger partial charge in [0.25, 0.3) is 5.91 Å². The van der Waals surface area contributed by atoms with Crippen LogP contribution in [0.1, 0.15) is 23.7 Å². The molecule has 4 nitrogen and oxygen atoms in total. The maximum atomic E-state index is 12.9. The summed E-state index contributed by atoms with van der Waals surface area (Å²) in [5, 5.41) is 2.97. The molecule has 5 heteroatoms. The van der Waals surface area contributed by atoms with Gasteiger partial charge in [-0.05, 0) is 32.0 Å². The number of rotatable bonds is 2. The van der Waals surface area contributed by atoms with Gasteiger partial charge in [-0.25, -0.2) is 4.98 Å². The van der Waals surface area contributed by atoms with Gasteiger partial charge in [0.2, 0.25) is 5.95 Å². The summed E-state index contributed by atoms with van der Waals surface area (Å²) in [7, 11) is 2.08. The molecule has 2 heterocycles. The van der Waals surface area contributed by atoms with Crippen LogP contribution in [0, 0.1) is 11.9 Å². The Balaban J connectivity index is 1.99. The van der Waals surface area contributed by atoms with E-state index in [1.165, 1.54) is 12.3 Å². The predicted molar refractivity (Wildman–Crippen MR) is 66.7 cm³/mol. The number of pyridine rings is 1. The summed E-state index contributed by atoms with van der Waals surface area (Å²) < 4.78 is 12.9. The number of nitrogens with zero attached hydrogens (tertiary/aromatic N) is 2. The van der Waals surface area contributed by atoms with Gasteiger partial charge in [-0.15, -0.1) is 0 Å². The lowest BCUT2D eigenvalue weighted by molar-refractivity contribution is 0.0883. The highest BCUT2D eigenvalue weighted by Crippen LogP contribution is 2.16. The van der Waals surface area contributed by atoms with Crippen molar-refractivity contribution in [2.45, 2.75) is 19.4 Å². The van der Waals surface area contributed by atoms with Gasteiger partial charge in [-0.3, -0.25) is 4.79 Å². The maximum Gasteiger partial charge on any atom is 0.251 e. The van der Waals surface area contributed by atoms with Crippen molar-refractivity contribution >= 4 is 5.91 Å². The molecule has 1 N–H and O–H groups in total. The number of halogens is 1. The Morgan fingerprint density at radius 3 is 3.06 bits per heavy atom. The number of carbonyl (C=O) groups excluding carboxylic acids is 1. The van der Waals surface area contributed by atoms with Crippen molar-refractivity contribution in [1.29, 1.82) is 0 Å². The summed E-state index contributed by atoms with van der Waals surface area (Å²) in [6.45, 7) is 4.06. The van der Waals surface area contributed by atoms with Crippen molar-refractivity contribution in [1.82, 2.24) is 15.2 Å². The van der Waals surface area contributed by atoms with E-state index in [0.717, 1.165) is 25.6 Å². The second kappa shape index (κ2) is 5.44. The van der Waals surface area contributed by atoms with Crippen molar-refractivity contribution in [3.63, 3.8) is 0 Å². The molecule has 0 aliphatic carbocycles. The molecule has 1 aliphatic rings. The molecule has 1 aliphatic heterocycles. The molecule has 18 heavy (non-hydrogen) atoms. The lowest BCUT2D eigenvalue weighted by atomic mass is 9.94. The van der Waals surface area contributed by atoms with Crippen molar-refractivity contribution in [3.8, 4) is 0 Å². The summed E-state index contributed by atoms with van der Waals surface area (Å²) in [6, 6.07) is 2.84. The monoisotopic (exact) mass is 251 g/mol. The molecule has 0 spiro atoms. The minimum atomic E-state index is -0.626. The number of carbonyl (C=O) groups is 1. The number of hydrogen-bond acceptors (Lipinski definition) is 3. The first kappa shape index (κ1) is 13.0. The van der Waals surface area contributed by atoms with Crippen molar-refractivity contribution in [3.05, 3.63) is 29.8 Å². The molecule has 1 amide bonds. The molecule has 1 fully saturated rings. The van der Waals surface area contributed by atoms with Crippen molar-refractivity contribution < 1.29 is 9.18 Å². The topological polar surface area (TPSA) is 45.2 Å². The summed E-state index contributed by atoms with van der Waals surface area (Å²) in [5.41, 5.74) is 0.327. The molecule has 2 unspecified atom stereocenters. The van der Waals surface area contributed by atoms with Gasteiger partial charge in [0, 0.05) is 30.4 Å². The Bertz CT molecular complexity index is 438. The molecule has 2 rings (SSSR count). The van der Waals surface area contributed by atoms with Gasteiger partial charge < -0.3 is 10.2 Å². The second-order valence-electron chi connectivity index (χ2n) is 4.98. The van der Waals surface area contributed by atoms with Crippen LogP contribution in [0.25, 0.3) is 0 Å². The Morgan fingerprint density at radius 1 is 1.61 bits per heavy atom. The zero-order valence-corrected chi connectivity index (χ0v) is 10.7. The highest BCUT2D eigenvalue weighted by atomic mass is 19.1. The third-order valence-corrected chi connectivity index (χ3v) is 3.41. The van der Waals surface area contributed by atoms with Crippen LogP contribution in [-0.2, 0) is 0 Å². The number of hydrogen-bond donors (Lipinski definition) is 1. The molecule has 2 atom stereocenters. The number of nitrogens with one attached hydrogen (secondary N) is 1. The van der Waals surface area contributed by atoms with E-state index in [2.05, 4.69) is 29.2 Å². The van der Waals surface area contributed by atoms with Gasteiger partial charge in [0.1, 0.15) is 0 Å². The fraction of sp³-hybridized carbons (Fsp3) is 0.538. The second-order valence-corrected chi connectivity index (χ2v) is 4.98. The Morgan fingerprint density at radius 2 is 2.39 bits per heavy atom. The van der Waals surface area contributed by atoms with E-state index >= 15 is 0 Å². The van der Waals surface area contributed by atoms with Crippen LogP contribution in [0.4, 0.5) is 4.39 Å². The first-order valence-corrected chi connectivity index (χ1v) is 6.17. The lowest BCUT2D eigenvalue weighted by Crippen LogP contribution is -2.48. The first-order chi connectivity index (χ1) is 8.56. The Hall–Kier alpha value is -1.49. The minimum Gasteiger partial charge on any atom is -0.349 e. The van der Waals surface area contributed by atoms with E-state index in [1.54, 1.807) is 0 Å². The summed E-state index contributed by atoms with van der Waals surface area (Å²) >= 11 is 0. The molecule has 0 saturated carbocycles. The van der Waals surface area contributed by atoms with E-state index in [0.29, 0.717) is 11.5 Å². The summed E-state index contributed by atoms with van der Waals surface area (Å²) in [4.78, 5) is 17.7. The number of aromatic nitrogens is 1. The van der Waals surface area contributed by atoms with Crippen LogP contribution < -0.4 is 5.32 Å². The number of amides is 1. The molecule has 1 aromatic rings. The van der Waals surface area contributed by atoms with Crippen LogP contribution in [0.2, 0.25) is 0 Å². The minimum absolute atomic E-state index is 0.157. The van der Waals surface area contributed by atoms with Crippen LogP contribution in [0.15, 0.2) is 18.3 Å². The highest BCUT2D eigenvalue weighted by Gasteiger charge is 2.25. The average Bonchev–Trinajstić information content (AvgIpc) is 2.32. The molecular formula is C13H18FN3O. The number of likely N-dealkylation sites (tertiary alicyclic amines) is 1. The molecule has 0 aromatic carbocycles. The van der Waals surface area contributed by atoms with E-state index in [4.69, 9.17) is 0 Å². The quantitative estimate of drug-likeness (QED) is 0.806. The predicted octanol–water partition coefficient (Wildman–Crippen LogP) is 1.29. The molecule has 1 aromatic heterocycles. The normalized spacial score (nSPS) is 24.8.